The third-order valence-corrected chi connectivity index (χ3v) is 5.83. The third-order valence-electron chi connectivity index (χ3n) is 5.83. The highest BCUT2D eigenvalue weighted by Gasteiger charge is 2.32. The van der Waals surface area contributed by atoms with Gasteiger partial charge in [-0.15, -0.1) is 0 Å². The molecule has 1 aliphatic heterocycles. The van der Waals surface area contributed by atoms with Gasteiger partial charge in [0.05, 0.1) is 22.8 Å². The summed E-state index contributed by atoms with van der Waals surface area (Å²) in [5.41, 5.74) is 0.0980. The minimum absolute atomic E-state index is 0.185. The molecule has 2 aromatic carbocycles. The second kappa shape index (κ2) is 8.64. The molecule has 1 atom stereocenters. The number of aromatic nitrogens is 2. The topological polar surface area (TPSA) is 58.4 Å². The largest absolute Gasteiger partial charge is 0.416 e. The first-order valence-corrected chi connectivity index (χ1v) is 10.5. The maximum absolute atomic E-state index is 13.2. The van der Waals surface area contributed by atoms with Gasteiger partial charge in [-0.1, -0.05) is 25.1 Å². The molecule has 0 radical (unpaired) electrons. The number of hydrogen-bond acceptors (Lipinski definition) is 4. The van der Waals surface area contributed by atoms with Gasteiger partial charge in [0.15, 0.2) is 0 Å². The Labute approximate surface area is 182 Å². The van der Waals surface area contributed by atoms with Crippen molar-refractivity contribution in [3.8, 4) is 0 Å². The van der Waals surface area contributed by atoms with E-state index >= 15 is 0 Å². The molecule has 1 amide bonds. The Morgan fingerprint density at radius 1 is 1.06 bits per heavy atom. The van der Waals surface area contributed by atoms with Crippen molar-refractivity contribution in [1.29, 1.82) is 0 Å². The zero-order valence-electron chi connectivity index (χ0n) is 17.5. The number of alkyl halides is 3. The van der Waals surface area contributed by atoms with E-state index in [2.05, 4.69) is 4.98 Å². The maximum atomic E-state index is 13.2. The average Bonchev–Trinajstić information content (AvgIpc) is 2.80. The van der Waals surface area contributed by atoms with Crippen LogP contribution in [-0.4, -0.2) is 46.5 Å². The van der Waals surface area contributed by atoms with E-state index in [1.807, 2.05) is 11.8 Å². The molecule has 0 bridgehead atoms. The molecule has 1 aromatic heterocycles. The van der Waals surface area contributed by atoms with E-state index in [9.17, 15) is 22.8 Å². The molecule has 6 nitrogen and oxygen atoms in total. The van der Waals surface area contributed by atoms with Gasteiger partial charge in [0.25, 0.3) is 5.56 Å². The van der Waals surface area contributed by atoms with Crippen LogP contribution in [0.3, 0.4) is 0 Å². The van der Waals surface area contributed by atoms with Crippen LogP contribution in [0, 0.1) is 0 Å². The number of benzene rings is 2. The molecule has 0 spiro atoms. The van der Waals surface area contributed by atoms with E-state index < -0.39 is 17.8 Å². The van der Waals surface area contributed by atoms with E-state index in [4.69, 9.17) is 0 Å². The van der Waals surface area contributed by atoms with E-state index in [0.29, 0.717) is 49.2 Å². The Bertz CT molecular complexity index is 1180. The lowest BCUT2D eigenvalue weighted by molar-refractivity contribution is -0.137. The minimum Gasteiger partial charge on any atom is -0.368 e. The standard InChI is InChI=1S/C23H23F3N4O2/c1-2-20(30-15-27-19-9-4-3-8-18(19)21(30)31)22(32)29-12-10-28(11-13-29)17-7-5-6-16(14-17)23(24,25)26/h3-9,14-15,20H,2,10-13H2,1H3/t20-/m0/s1. The molecule has 3 aromatic rings. The highest BCUT2D eigenvalue weighted by molar-refractivity contribution is 5.82. The molecule has 4 rings (SSSR count). The van der Waals surface area contributed by atoms with Gasteiger partial charge in [0.1, 0.15) is 6.04 Å². The minimum atomic E-state index is -4.40. The van der Waals surface area contributed by atoms with Crippen molar-refractivity contribution < 1.29 is 18.0 Å². The van der Waals surface area contributed by atoms with Gasteiger partial charge in [-0.3, -0.25) is 14.2 Å². The summed E-state index contributed by atoms with van der Waals surface area (Å²) in [4.78, 5) is 33.9. The smallest absolute Gasteiger partial charge is 0.368 e. The van der Waals surface area contributed by atoms with Crippen LogP contribution >= 0.6 is 0 Å². The number of halogens is 3. The molecule has 0 saturated carbocycles. The molecule has 2 heterocycles. The van der Waals surface area contributed by atoms with Gasteiger partial charge in [-0.2, -0.15) is 13.2 Å². The Kier molecular flexibility index (Phi) is 5.90. The number of fused-ring (bicyclic) bond motifs is 1. The van der Waals surface area contributed by atoms with Crippen LogP contribution < -0.4 is 10.5 Å². The highest BCUT2D eigenvalue weighted by Crippen LogP contribution is 2.32. The predicted octanol–water partition coefficient (Wildman–Crippen LogP) is 3.72. The fraction of sp³-hybridized carbons (Fsp3) is 0.348. The Hall–Kier alpha value is -3.36. The SMILES string of the molecule is CC[C@@H](C(=O)N1CCN(c2cccc(C(F)(F)F)c2)CC1)n1cnc2ccccc2c1=O. The van der Waals surface area contributed by atoms with E-state index in [1.54, 1.807) is 35.2 Å². The van der Waals surface area contributed by atoms with Gasteiger partial charge in [-0.05, 0) is 36.8 Å². The van der Waals surface area contributed by atoms with Crippen molar-refractivity contribution in [2.75, 3.05) is 31.1 Å². The summed E-state index contributed by atoms with van der Waals surface area (Å²) in [6.07, 6.45) is -2.56. The molecule has 168 valence electrons. The first kappa shape index (κ1) is 21.9. The Morgan fingerprint density at radius 3 is 2.47 bits per heavy atom. The van der Waals surface area contributed by atoms with Crippen molar-refractivity contribution in [2.24, 2.45) is 0 Å². The Balaban J connectivity index is 1.49. The number of amides is 1. The second-order valence-electron chi connectivity index (χ2n) is 7.76. The first-order valence-electron chi connectivity index (χ1n) is 10.5. The summed E-state index contributed by atoms with van der Waals surface area (Å²) in [6, 6.07) is 11.5. The fourth-order valence-electron chi connectivity index (χ4n) is 4.07. The number of anilines is 1. The van der Waals surface area contributed by atoms with E-state index in [0.717, 1.165) is 12.1 Å². The van der Waals surface area contributed by atoms with Crippen LogP contribution in [0.15, 0.2) is 59.7 Å². The van der Waals surface area contributed by atoms with Crippen molar-refractivity contribution >= 4 is 22.5 Å². The number of rotatable bonds is 4. The molecule has 0 aliphatic carbocycles. The molecular weight excluding hydrogens is 421 g/mol. The molecule has 1 saturated heterocycles. The second-order valence-corrected chi connectivity index (χ2v) is 7.76. The predicted molar refractivity (Wildman–Crippen MR) is 116 cm³/mol. The lowest BCUT2D eigenvalue weighted by Gasteiger charge is -2.37. The number of para-hydroxylation sites is 1. The summed E-state index contributed by atoms with van der Waals surface area (Å²) in [6.45, 7) is 3.38. The third kappa shape index (κ3) is 4.19. The van der Waals surface area contributed by atoms with E-state index in [1.165, 1.54) is 17.0 Å². The highest BCUT2D eigenvalue weighted by atomic mass is 19.4. The summed E-state index contributed by atoms with van der Waals surface area (Å²) >= 11 is 0. The normalized spacial score (nSPS) is 15.8. The van der Waals surface area contributed by atoms with Crippen molar-refractivity contribution in [3.05, 3.63) is 70.8 Å². The molecular formula is C23H23F3N4O2. The monoisotopic (exact) mass is 444 g/mol. The van der Waals surface area contributed by atoms with Gasteiger partial charge in [0.2, 0.25) is 5.91 Å². The summed E-state index contributed by atoms with van der Waals surface area (Å²) in [5.74, 6) is -0.185. The van der Waals surface area contributed by atoms with Gasteiger partial charge in [-0.25, -0.2) is 4.98 Å². The lowest BCUT2D eigenvalue weighted by atomic mass is 10.1. The van der Waals surface area contributed by atoms with Crippen molar-refractivity contribution in [2.45, 2.75) is 25.6 Å². The number of piperazine rings is 1. The quantitative estimate of drug-likeness (QED) is 0.616. The van der Waals surface area contributed by atoms with Crippen LogP contribution in [0.5, 0.6) is 0 Å². The summed E-state index contributed by atoms with van der Waals surface area (Å²) in [7, 11) is 0. The lowest BCUT2D eigenvalue weighted by Crippen LogP contribution is -2.51. The number of carbonyl (C=O) groups is 1. The van der Waals surface area contributed by atoms with Crippen molar-refractivity contribution in [3.63, 3.8) is 0 Å². The molecule has 0 unspecified atom stereocenters. The van der Waals surface area contributed by atoms with Gasteiger partial charge < -0.3 is 9.80 Å². The zero-order valence-corrected chi connectivity index (χ0v) is 17.5. The maximum Gasteiger partial charge on any atom is 0.416 e. The Morgan fingerprint density at radius 2 is 1.78 bits per heavy atom. The van der Waals surface area contributed by atoms with Gasteiger partial charge >= 0.3 is 6.18 Å². The summed E-state index contributed by atoms with van der Waals surface area (Å²) in [5, 5.41) is 0.454. The fourth-order valence-corrected chi connectivity index (χ4v) is 4.07. The van der Waals surface area contributed by atoms with Gasteiger partial charge in [0, 0.05) is 31.9 Å². The van der Waals surface area contributed by atoms with Crippen LogP contribution in [0.25, 0.3) is 10.9 Å². The summed E-state index contributed by atoms with van der Waals surface area (Å²) < 4.78 is 40.4. The molecule has 0 N–H and O–H groups in total. The number of carbonyl (C=O) groups excluding carboxylic acids is 1. The molecule has 9 heteroatoms. The molecule has 1 fully saturated rings. The molecule has 1 aliphatic rings. The van der Waals surface area contributed by atoms with Crippen LogP contribution in [0.1, 0.15) is 24.9 Å². The first-order chi connectivity index (χ1) is 15.3. The molecule has 32 heavy (non-hydrogen) atoms. The zero-order chi connectivity index (χ0) is 22.9. The van der Waals surface area contributed by atoms with Crippen molar-refractivity contribution in [1.82, 2.24) is 14.5 Å². The van der Waals surface area contributed by atoms with Crippen LogP contribution in [0.4, 0.5) is 18.9 Å². The van der Waals surface area contributed by atoms with Crippen LogP contribution in [0.2, 0.25) is 0 Å². The van der Waals surface area contributed by atoms with E-state index in [-0.39, 0.29) is 11.5 Å². The van der Waals surface area contributed by atoms with Crippen LogP contribution in [-0.2, 0) is 11.0 Å². The average molecular weight is 444 g/mol. The number of nitrogens with zero attached hydrogens (tertiary/aromatic N) is 4. The number of hydrogen-bond donors (Lipinski definition) is 0.